The lowest BCUT2D eigenvalue weighted by Gasteiger charge is -2.28. The zero-order valence-corrected chi connectivity index (χ0v) is 14.5. The van der Waals surface area contributed by atoms with Gasteiger partial charge in [-0.2, -0.15) is 0 Å². The highest BCUT2D eigenvalue weighted by molar-refractivity contribution is 6.09. The van der Waals surface area contributed by atoms with E-state index in [0.717, 1.165) is 11.3 Å². The van der Waals surface area contributed by atoms with Gasteiger partial charge in [-0.15, -0.1) is 0 Å². The van der Waals surface area contributed by atoms with Crippen LogP contribution in [0.25, 0.3) is 0 Å². The van der Waals surface area contributed by atoms with Crippen LogP contribution < -0.4 is 15.5 Å². The maximum atomic E-state index is 12.6. The molecule has 26 heavy (non-hydrogen) atoms. The van der Waals surface area contributed by atoms with E-state index in [0.29, 0.717) is 24.2 Å². The van der Waals surface area contributed by atoms with Crippen LogP contribution in [0, 0.1) is 6.92 Å². The number of hydrogen-bond donors (Lipinski definition) is 2. The number of imide groups is 1. The Balaban J connectivity index is 1.69. The summed E-state index contributed by atoms with van der Waals surface area (Å²) in [5.74, 6) is -0.571. The fourth-order valence-electron chi connectivity index (χ4n) is 2.86. The molecule has 2 N–H and O–H groups in total. The van der Waals surface area contributed by atoms with Crippen molar-refractivity contribution in [3.63, 3.8) is 0 Å². The lowest BCUT2D eigenvalue weighted by molar-refractivity contribution is -0.120. The highest BCUT2D eigenvalue weighted by Gasteiger charge is 2.27. The number of nitrogens with one attached hydrogen (secondary N) is 2. The van der Waals surface area contributed by atoms with Gasteiger partial charge < -0.3 is 5.32 Å². The molecular formula is C19H20N4O3. The number of rotatable bonds is 5. The fourth-order valence-corrected chi connectivity index (χ4v) is 2.86. The third-order valence-electron chi connectivity index (χ3n) is 4.26. The van der Waals surface area contributed by atoms with Gasteiger partial charge in [-0.25, -0.2) is 4.79 Å². The summed E-state index contributed by atoms with van der Waals surface area (Å²) in [5.41, 5.74) is 2.91. The molecule has 0 atom stereocenters. The van der Waals surface area contributed by atoms with E-state index in [4.69, 9.17) is 0 Å². The average Bonchev–Trinajstić information content (AvgIpc) is 2.63. The highest BCUT2D eigenvalue weighted by Crippen LogP contribution is 2.22. The lowest BCUT2D eigenvalue weighted by Crippen LogP contribution is -2.50. The first-order valence-electron chi connectivity index (χ1n) is 8.45. The summed E-state index contributed by atoms with van der Waals surface area (Å²) in [6.45, 7) is 2.67. The van der Waals surface area contributed by atoms with Crippen LogP contribution in [0.2, 0.25) is 0 Å². The minimum absolute atomic E-state index is 0.209. The molecular weight excluding hydrogens is 332 g/mol. The monoisotopic (exact) mass is 352 g/mol. The summed E-state index contributed by atoms with van der Waals surface area (Å²) in [6, 6.07) is 10.2. The zero-order valence-electron chi connectivity index (χ0n) is 14.5. The number of hydrogen-bond acceptors (Lipinski definition) is 4. The Morgan fingerprint density at radius 3 is 2.81 bits per heavy atom. The van der Waals surface area contributed by atoms with Crippen molar-refractivity contribution in [1.29, 1.82) is 0 Å². The van der Waals surface area contributed by atoms with Gasteiger partial charge >= 0.3 is 6.03 Å². The number of carbonyl (C=O) groups excluding carboxylic acids is 3. The molecule has 1 aliphatic rings. The summed E-state index contributed by atoms with van der Waals surface area (Å²) >= 11 is 0. The minimum Gasteiger partial charge on any atom is -0.352 e. The summed E-state index contributed by atoms with van der Waals surface area (Å²) in [5, 5.41) is 5.15. The second-order valence-electron chi connectivity index (χ2n) is 6.05. The molecule has 7 heteroatoms. The van der Waals surface area contributed by atoms with E-state index in [2.05, 4.69) is 15.6 Å². The van der Waals surface area contributed by atoms with Crippen LogP contribution >= 0.6 is 0 Å². The second kappa shape index (κ2) is 7.77. The van der Waals surface area contributed by atoms with E-state index < -0.39 is 6.03 Å². The van der Waals surface area contributed by atoms with Crippen LogP contribution in [0.5, 0.6) is 0 Å². The Kier molecular flexibility index (Phi) is 5.26. The number of benzene rings is 1. The van der Waals surface area contributed by atoms with Crippen LogP contribution in [0.1, 0.15) is 28.0 Å². The molecule has 2 heterocycles. The van der Waals surface area contributed by atoms with Crippen molar-refractivity contribution in [1.82, 2.24) is 15.6 Å². The van der Waals surface area contributed by atoms with Crippen LogP contribution in [0.3, 0.4) is 0 Å². The van der Waals surface area contributed by atoms with Gasteiger partial charge in [0.15, 0.2) is 0 Å². The Bertz CT molecular complexity index is 850. The molecule has 134 valence electrons. The first-order chi connectivity index (χ1) is 12.6. The largest absolute Gasteiger partial charge is 0.352 e. The van der Waals surface area contributed by atoms with Gasteiger partial charge in [0, 0.05) is 37.8 Å². The Labute approximate surface area is 151 Å². The number of amides is 4. The SMILES string of the molecule is Cc1cccnc1CCNC(=O)c1ccccc1N1CCC(=O)NC1=O. The summed E-state index contributed by atoms with van der Waals surface area (Å²) < 4.78 is 0. The Morgan fingerprint density at radius 2 is 2.04 bits per heavy atom. The fraction of sp³-hybridized carbons (Fsp3) is 0.263. The van der Waals surface area contributed by atoms with Gasteiger partial charge in [-0.1, -0.05) is 18.2 Å². The van der Waals surface area contributed by atoms with Crippen molar-refractivity contribution in [3.05, 3.63) is 59.4 Å². The zero-order chi connectivity index (χ0) is 18.5. The third kappa shape index (κ3) is 3.88. The van der Waals surface area contributed by atoms with Crippen LogP contribution in [-0.2, 0) is 11.2 Å². The predicted octanol–water partition coefficient (Wildman–Crippen LogP) is 1.81. The highest BCUT2D eigenvalue weighted by atomic mass is 16.2. The minimum atomic E-state index is -0.509. The van der Waals surface area contributed by atoms with Crippen molar-refractivity contribution in [2.45, 2.75) is 19.8 Å². The molecule has 0 bridgehead atoms. The molecule has 1 saturated heterocycles. The third-order valence-corrected chi connectivity index (χ3v) is 4.26. The molecule has 1 fully saturated rings. The van der Waals surface area contributed by atoms with Crippen molar-refractivity contribution in [3.8, 4) is 0 Å². The Hall–Kier alpha value is -3.22. The summed E-state index contributed by atoms with van der Waals surface area (Å²) in [4.78, 5) is 41.7. The first kappa shape index (κ1) is 17.6. The molecule has 7 nitrogen and oxygen atoms in total. The van der Waals surface area contributed by atoms with Gasteiger partial charge in [0.1, 0.15) is 0 Å². The van der Waals surface area contributed by atoms with Gasteiger partial charge in [0.05, 0.1) is 11.3 Å². The Morgan fingerprint density at radius 1 is 1.23 bits per heavy atom. The topological polar surface area (TPSA) is 91.4 Å². The molecule has 0 aliphatic carbocycles. The number of aromatic nitrogens is 1. The number of anilines is 1. The van der Waals surface area contributed by atoms with Crippen LogP contribution in [-0.4, -0.2) is 35.9 Å². The molecule has 0 unspecified atom stereocenters. The first-order valence-corrected chi connectivity index (χ1v) is 8.45. The van der Waals surface area contributed by atoms with Gasteiger partial charge in [-0.3, -0.25) is 24.8 Å². The summed E-state index contributed by atoms with van der Waals surface area (Å²) in [6.07, 6.45) is 2.57. The van der Waals surface area contributed by atoms with E-state index in [1.54, 1.807) is 30.5 Å². The molecule has 1 aliphatic heterocycles. The van der Waals surface area contributed by atoms with Crippen LogP contribution in [0.15, 0.2) is 42.6 Å². The van der Waals surface area contributed by atoms with Gasteiger partial charge in [0.25, 0.3) is 5.91 Å². The maximum absolute atomic E-state index is 12.6. The number of carbonyl (C=O) groups is 3. The predicted molar refractivity (Wildman–Crippen MR) is 97.0 cm³/mol. The van der Waals surface area contributed by atoms with Crippen molar-refractivity contribution < 1.29 is 14.4 Å². The van der Waals surface area contributed by atoms with Crippen molar-refractivity contribution in [2.24, 2.45) is 0 Å². The quantitative estimate of drug-likeness (QED) is 0.858. The number of para-hydroxylation sites is 1. The normalized spacial score (nSPS) is 14.1. The molecule has 1 aromatic carbocycles. The van der Waals surface area contributed by atoms with Gasteiger partial charge in [-0.05, 0) is 30.7 Å². The lowest BCUT2D eigenvalue weighted by atomic mass is 10.1. The van der Waals surface area contributed by atoms with E-state index in [1.807, 2.05) is 19.1 Å². The van der Waals surface area contributed by atoms with E-state index >= 15 is 0 Å². The standard InChI is InChI=1S/C19H20N4O3/c1-13-5-4-10-20-15(13)8-11-21-18(25)14-6-2-3-7-16(14)23-12-9-17(24)22-19(23)26/h2-7,10H,8-9,11-12H2,1H3,(H,21,25)(H,22,24,26). The second-order valence-corrected chi connectivity index (χ2v) is 6.05. The van der Waals surface area contributed by atoms with Crippen LogP contribution in [0.4, 0.5) is 10.5 Å². The maximum Gasteiger partial charge on any atom is 0.328 e. The number of pyridine rings is 1. The summed E-state index contributed by atoms with van der Waals surface area (Å²) in [7, 11) is 0. The molecule has 4 amide bonds. The smallest absolute Gasteiger partial charge is 0.328 e. The van der Waals surface area contributed by atoms with E-state index in [9.17, 15) is 14.4 Å². The molecule has 2 aromatic rings. The molecule has 3 rings (SSSR count). The molecule has 0 saturated carbocycles. The number of nitrogens with zero attached hydrogens (tertiary/aromatic N) is 2. The number of aryl methyl sites for hydroxylation is 1. The van der Waals surface area contributed by atoms with Crippen molar-refractivity contribution >= 4 is 23.5 Å². The molecule has 0 spiro atoms. The van der Waals surface area contributed by atoms with E-state index in [-0.39, 0.29) is 24.8 Å². The van der Waals surface area contributed by atoms with Crippen molar-refractivity contribution in [2.75, 3.05) is 18.0 Å². The average molecular weight is 352 g/mol. The van der Waals surface area contributed by atoms with E-state index in [1.165, 1.54) is 4.90 Å². The van der Waals surface area contributed by atoms with Gasteiger partial charge in [0.2, 0.25) is 5.91 Å². The molecule has 1 aromatic heterocycles. The molecule has 0 radical (unpaired) electrons. The number of urea groups is 1.